The number of rotatable bonds is 4. The van der Waals surface area contributed by atoms with Crippen LogP contribution in [0.3, 0.4) is 0 Å². The Morgan fingerprint density at radius 2 is 2.28 bits per heavy atom. The minimum Gasteiger partial charge on any atom is -0.500 e. The van der Waals surface area contributed by atoms with Crippen molar-refractivity contribution < 1.29 is 9.13 Å². The number of hydrogen-bond donors (Lipinski definition) is 0. The summed E-state index contributed by atoms with van der Waals surface area (Å²) in [5.41, 5.74) is 1.86. The zero-order chi connectivity index (χ0) is 13.0. The van der Waals surface area contributed by atoms with Crippen molar-refractivity contribution in [3.05, 3.63) is 40.9 Å². The van der Waals surface area contributed by atoms with Gasteiger partial charge in [0.15, 0.2) is 0 Å². The number of ether oxygens (including phenoxy) is 1. The van der Waals surface area contributed by atoms with Crippen molar-refractivity contribution in [2.24, 2.45) is 0 Å². The number of benzene rings is 1. The second kappa shape index (κ2) is 5.92. The number of methoxy groups -OCH3 is 1. The average molecular weight is 263 g/mol. The summed E-state index contributed by atoms with van der Waals surface area (Å²) in [4.78, 5) is 0.673. The number of nitriles is 1. The summed E-state index contributed by atoms with van der Waals surface area (Å²) in [7, 11) is 1.66. The highest BCUT2D eigenvalue weighted by Gasteiger charge is 2.16. The van der Waals surface area contributed by atoms with Gasteiger partial charge in [0.05, 0.1) is 18.4 Å². The third-order valence-electron chi connectivity index (χ3n) is 3.02. The second-order valence-corrected chi connectivity index (χ2v) is 5.14. The van der Waals surface area contributed by atoms with E-state index in [0.717, 1.165) is 18.6 Å². The van der Waals surface area contributed by atoms with Gasteiger partial charge in [-0.15, -0.1) is 11.8 Å². The minimum atomic E-state index is -0.313. The number of halogens is 1. The molecule has 4 heteroatoms. The summed E-state index contributed by atoms with van der Waals surface area (Å²) in [5.74, 6) is 1.32. The molecule has 1 aliphatic rings. The third kappa shape index (κ3) is 2.85. The Hall–Kier alpha value is -1.47. The summed E-state index contributed by atoms with van der Waals surface area (Å²) in [6, 6.07) is 6.31. The standard InChI is InChI=1S/C14H14FNOS/c1-17-13(10-3-2-4-10)9-18-14-7-12(15)6-5-11(14)8-16/h5-7H,2-4,9H2,1H3. The van der Waals surface area contributed by atoms with Crippen LogP contribution >= 0.6 is 11.8 Å². The van der Waals surface area contributed by atoms with Crippen LogP contribution in [0.4, 0.5) is 4.39 Å². The van der Waals surface area contributed by atoms with Gasteiger partial charge in [0.1, 0.15) is 17.6 Å². The molecule has 0 aromatic heterocycles. The minimum absolute atomic E-state index is 0.313. The van der Waals surface area contributed by atoms with E-state index in [0.29, 0.717) is 16.2 Å². The maximum atomic E-state index is 13.2. The van der Waals surface area contributed by atoms with E-state index in [2.05, 4.69) is 6.07 Å². The largest absolute Gasteiger partial charge is 0.500 e. The highest BCUT2D eigenvalue weighted by Crippen LogP contribution is 2.33. The molecule has 1 aromatic carbocycles. The molecule has 1 aromatic rings. The van der Waals surface area contributed by atoms with Gasteiger partial charge in [0, 0.05) is 4.90 Å². The van der Waals surface area contributed by atoms with Gasteiger partial charge in [-0.1, -0.05) is 0 Å². The fourth-order valence-electron chi connectivity index (χ4n) is 1.79. The lowest BCUT2D eigenvalue weighted by atomic mass is 9.91. The SMILES string of the molecule is COC(CSc1cc(F)ccc1C#N)=C1CCC1. The predicted octanol–water partition coefficient (Wildman–Crippen LogP) is 3.87. The van der Waals surface area contributed by atoms with Crippen LogP contribution in [-0.2, 0) is 4.74 Å². The van der Waals surface area contributed by atoms with E-state index in [1.54, 1.807) is 7.11 Å². The topological polar surface area (TPSA) is 33.0 Å². The Kier molecular flexibility index (Phi) is 4.27. The summed E-state index contributed by atoms with van der Waals surface area (Å²) in [6.07, 6.45) is 3.41. The van der Waals surface area contributed by atoms with Crippen molar-refractivity contribution >= 4 is 11.8 Å². The fourth-order valence-corrected chi connectivity index (χ4v) is 2.86. The smallest absolute Gasteiger partial charge is 0.124 e. The lowest BCUT2D eigenvalue weighted by Gasteiger charge is -2.21. The fraction of sp³-hybridized carbons (Fsp3) is 0.357. The molecule has 1 saturated carbocycles. The molecule has 0 N–H and O–H groups in total. The first kappa shape index (κ1) is 13.0. The first-order valence-corrected chi connectivity index (χ1v) is 6.80. The zero-order valence-corrected chi connectivity index (χ0v) is 11.0. The van der Waals surface area contributed by atoms with E-state index in [9.17, 15) is 4.39 Å². The van der Waals surface area contributed by atoms with E-state index in [4.69, 9.17) is 10.00 Å². The summed E-state index contributed by atoms with van der Waals surface area (Å²) in [5, 5.41) is 8.97. The van der Waals surface area contributed by atoms with Crippen LogP contribution in [0.15, 0.2) is 34.4 Å². The van der Waals surface area contributed by atoms with Gasteiger partial charge in [-0.25, -0.2) is 4.39 Å². The van der Waals surface area contributed by atoms with E-state index < -0.39 is 0 Å². The molecule has 2 rings (SSSR count). The Labute approximate surface area is 110 Å². The molecular weight excluding hydrogens is 249 g/mol. The average Bonchev–Trinajstić information content (AvgIpc) is 2.32. The molecule has 0 radical (unpaired) electrons. The lowest BCUT2D eigenvalue weighted by molar-refractivity contribution is 0.282. The maximum Gasteiger partial charge on any atom is 0.124 e. The molecule has 1 aliphatic carbocycles. The molecule has 0 atom stereocenters. The molecule has 0 bridgehead atoms. The number of nitrogens with zero attached hydrogens (tertiary/aromatic N) is 1. The highest BCUT2D eigenvalue weighted by atomic mass is 32.2. The zero-order valence-electron chi connectivity index (χ0n) is 10.2. The van der Waals surface area contributed by atoms with Crippen LogP contribution in [0.5, 0.6) is 0 Å². The quantitative estimate of drug-likeness (QED) is 0.610. The van der Waals surface area contributed by atoms with Crippen molar-refractivity contribution in [3.8, 4) is 6.07 Å². The van der Waals surface area contributed by atoms with Crippen molar-refractivity contribution in [1.29, 1.82) is 5.26 Å². The first-order chi connectivity index (χ1) is 8.74. The normalized spacial score (nSPS) is 13.7. The molecule has 0 unspecified atom stereocenters. The van der Waals surface area contributed by atoms with Crippen LogP contribution in [-0.4, -0.2) is 12.9 Å². The number of thioether (sulfide) groups is 1. The Balaban J connectivity index is 2.10. The Morgan fingerprint density at radius 1 is 1.50 bits per heavy atom. The molecule has 0 amide bonds. The number of allylic oxidation sites excluding steroid dienone is 1. The second-order valence-electron chi connectivity index (χ2n) is 4.13. The van der Waals surface area contributed by atoms with Gasteiger partial charge < -0.3 is 4.74 Å². The van der Waals surface area contributed by atoms with Crippen molar-refractivity contribution in [1.82, 2.24) is 0 Å². The third-order valence-corrected chi connectivity index (χ3v) is 4.08. The van der Waals surface area contributed by atoms with Gasteiger partial charge in [0.2, 0.25) is 0 Å². The van der Waals surface area contributed by atoms with Gasteiger partial charge in [-0.05, 0) is 43.0 Å². The molecule has 0 aliphatic heterocycles. The summed E-state index contributed by atoms with van der Waals surface area (Å²) >= 11 is 1.45. The van der Waals surface area contributed by atoms with E-state index in [1.165, 1.54) is 42.0 Å². The Morgan fingerprint density at radius 3 is 2.83 bits per heavy atom. The first-order valence-electron chi connectivity index (χ1n) is 5.82. The van der Waals surface area contributed by atoms with E-state index >= 15 is 0 Å². The van der Waals surface area contributed by atoms with E-state index in [-0.39, 0.29) is 5.82 Å². The summed E-state index contributed by atoms with van der Waals surface area (Å²) in [6.45, 7) is 0. The molecular formula is C14H14FNOS. The van der Waals surface area contributed by atoms with Crippen molar-refractivity contribution in [2.45, 2.75) is 24.2 Å². The van der Waals surface area contributed by atoms with Crippen LogP contribution in [0.1, 0.15) is 24.8 Å². The predicted molar refractivity (Wildman–Crippen MR) is 69.7 cm³/mol. The van der Waals surface area contributed by atoms with Crippen LogP contribution < -0.4 is 0 Å². The number of hydrogen-bond acceptors (Lipinski definition) is 3. The molecule has 0 spiro atoms. The molecule has 1 fully saturated rings. The maximum absolute atomic E-state index is 13.2. The van der Waals surface area contributed by atoms with E-state index in [1.807, 2.05) is 0 Å². The lowest BCUT2D eigenvalue weighted by Crippen LogP contribution is -2.05. The van der Waals surface area contributed by atoms with Gasteiger partial charge in [-0.3, -0.25) is 0 Å². The van der Waals surface area contributed by atoms with Crippen LogP contribution in [0.25, 0.3) is 0 Å². The van der Waals surface area contributed by atoms with Crippen LogP contribution in [0.2, 0.25) is 0 Å². The van der Waals surface area contributed by atoms with Gasteiger partial charge in [0.25, 0.3) is 0 Å². The van der Waals surface area contributed by atoms with Crippen molar-refractivity contribution in [3.63, 3.8) is 0 Å². The highest BCUT2D eigenvalue weighted by molar-refractivity contribution is 7.99. The summed E-state index contributed by atoms with van der Waals surface area (Å²) < 4.78 is 18.5. The van der Waals surface area contributed by atoms with Crippen molar-refractivity contribution in [2.75, 3.05) is 12.9 Å². The molecule has 18 heavy (non-hydrogen) atoms. The van der Waals surface area contributed by atoms with Gasteiger partial charge in [-0.2, -0.15) is 5.26 Å². The Bertz CT molecular complexity index is 513. The molecule has 2 nitrogen and oxygen atoms in total. The molecule has 0 heterocycles. The molecule has 94 valence electrons. The van der Waals surface area contributed by atoms with Gasteiger partial charge >= 0.3 is 0 Å². The van der Waals surface area contributed by atoms with Crippen LogP contribution in [0, 0.1) is 17.1 Å². The molecule has 0 saturated heterocycles. The monoisotopic (exact) mass is 263 g/mol.